The highest BCUT2D eigenvalue weighted by Gasteiger charge is 2.16. The molecule has 0 amide bonds. The summed E-state index contributed by atoms with van der Waals surface area (Å²) in [6, 6.07) is 6.56. The van der Waals surface area contributed by atoms with Crippen molar-refractivity contribution in [3.63, 3.8) is 0 Å². The van der Waals surface area contributed by atoms with E-state index in [4.69, 9.17) is 0 Å². The van der Waals surface area contributed by atoms with E-state index in [2.05, 4.69) is 23.5 Å². The van der Waals surface area contributed by atoms with Crippen molar-refractivity contribution in [2.24, 2.45) is 0 Å². The van der Waals surface area contributed by atoms with Gasteiger partial charge in [-0.1, -0.05) is 18.2 Å². The van der Waals surface area contributed by atoms with Gasteiger partial charge in [0.05, 0.1) is 5.60 Å². The van der Waals surface area contributed by atoms with Gasteiger partial charge in [0.15, 0.2) is 0 Å². The summed E-state index contributed by atoms with van der Waals surface area (Å²) in [5, 5.41) is 13.2. The van der Waals surface area contributed by atoms with Crippen LogP contribution in [0.25, 0.3) is 0 Å². The minimum Gasteiger partial charge on any atom is -0.390 e. The Labute approximate surface area is 97.7 Å². The third-order valence-electron chi connectivity index (χ3n) is 3.25. The highest BCUT2D eigenvalue weighted by Crippen LogP contribution is 2.21. The first kappa shape index (κ1) is 11.6. The van der Waals surface area contributed by atoms with Gasteiger partial charge < -0.3 is 10.4 Å². The molecule has 0 atom stereocenters. The van der Waals surface area contributed by atoms with Gasteiger partial charge in [-0.05, 0) is 56.3 Å². The van der Waals surface area contributed by atoms with Gasteiger partial charge in [0.2, 0.25) is 0 Å². The number of hydrogen-bond acceptors (Lipinski definition) is 2. The van der Waals surface area contributed by atoms with E-state index in [0.29, 0.717) is 0 Å². The van der Waals surface area contributed by atoms with E-state index in [0.717, 1.165) is 32.4 Å². The molecule has 0 aliphatic carbocycles. The molecule has 1 aromatic carbocycles. The summed E-state index contributed by atoms with van der Waals surface area (Å²) in [6.07, 6.45) is 2.92. The van der Waals surface area contributed by atoms with Crippen molar-refractivity contribution in [1.82, 2.24) is 5.32 Å². The summed E-state index contributed by atoms with van der Waals surface area (Å²) in [6.45, 7) is 5.82. The second-order valence-electron chi connectivity index (χ2n) is 5.29. The van der Waals surface area contributed by atoms with Gasteiger partial charge in [-0.25, -0.2) is 0 Å². The monoisotopic (exact) mass is 219 g/mol. The molecule has 1 aromatic rings. The first-order valence-electron chi connectivity index (χ1n) is 6.09. The number of rotatable bonds is 3. The molecular formula is C14H21NO. The molecule has 0 radical (unpaired) electrons. The number of nitrogens with one attached hydrogen (secondary N) is 1. The summed E-state index contributed by atoms with van der Waals surface area (Å²) in [7, 11) is 0. The largest absolute Gasteiger partial charge is 0.390 e. The van der Waals surface area contributed by atoms with Crippen LogP contribution in [-0.2, 0) is 19.4 Å². The SMILES string of the molecule is CC(C)(O)CCc1cccc2c1CNCC2. The normalized spacial score (nSPS) is 15.9. The van der Waals surface area contributed by atoms with Crippen molar-refractivity contribution in [2.75, 3.05) is 6.54 Å². The second-order valence-corrected chi connectivity index (χ2v) is 5.29. The van der Waals surface area contributed by atoms with E-state index in [9.17, 15) is 5.11 Å². The summed E-state index contributed by atoms with van der Waals surface area (Å²) in [5.41, 5.74) is 3.77. The molecule has 0 saturated heterocycles. The third kappa shape index (κ3) is 2.83. The van der Waals surface area contributed by atoms with E-state index < -0.39 is 5.60 Å². The van der Waals surface area contributed by atoms with Crippen molar-refractivity contribution in [1.29, 1.82) is 0 Å². The van der Waals surface area contributed by atoms with Gasteiger partial charge in [0.1, 0.15) is 0 Å². The first-order valence-corrected chi connectivity index (χ1v) is 6.09. The number of hydrogen-bond donors (Lipinski definition) is 2. The molecule has 1 heterocycles. The van der Waals surface area contributed by atoms with E-state index in [1.54, 1.807) is 0 Å². The molecule has 16 heavy (non-hydrogen) atoms. The Kier molecular flexibility index (Phi) is 3.31. The Morgan fingerprint density at radius 2 is 2.19 bits per heavy atom. The van der Waals surface area contributed by atoms with Gasteiger partial charge in [-0.2, -0.15) is 0 Å². The Balaban J connectivity index is 2.15. The molecule has 0 saturated carbocycles. The zero-order valence-corrected chi connectivity index (χ0v) is 10.2. The van der Waals surface area contributed by atoms with Gasteiger partial charge in [-0.3, -0.25) is 0 Å². The number of aryl methyl sites for hydroxylation is 1. The Hall–Kier alpha value is -0.860. The summed E-state index contributed by atoms with van der Waals surface area (Å²) in [5.74, 6) is 0. The lowest BCUT2D eigenvalue weighted by Gasteiger charge is -2.22. The fourth-order valence-electron chi connectivity index (χ4n) is 2.26. The highest BCUT2D eigenvalue weighted by molar-refractivity contribution is 5.37. The van der Waals surface area contributed by atoms with E-state index in [1.165, 1.54) is 16.7 Å². The van der Waals surface area contributed by atoms with Crippen LogP contribution in [0.3, 0.4) is 0 Å². The number of aliphatic hydroxyl groups is 1. The molecular weight excluding hydrogens is 198 g/mol. The lowest BCUT2D eigenvalue weighted by Crippen LogP contribution is -2.25. The van der Waals surface area contributed by atoms with Crippen LogP contribution in [0.1, 0.15) is 37.0 Å². The fraction of sp³-hybridized carbons (Fsp3) is 0.571. The summed E-state index contributed by atoms with van der Waals surface area (Å²) >= 11 is 0. The lowest BCUT2D eigenvalue weighted by molar-refractivity contribution is 0.0713. The van der Waals surface area contributed by atoms with Gasteiger partial charge in [0, 0.05) is 6.54 Å². The minimum absolute atomic E-state index is 0.565. The van der Waals surface area contributed by atoms with Crippen LogP contribution < -0.4 is 5.32 Å². The Morgan fingerprint density at radius 1 is 1.38 bits per heavy atom. The molecule has 0 fully saturated rings. The van der Waals surface area contributed by atoms with Crippen molar-refractivity contribution < 1.29 is 5.11 Å². The topological polar surface area (TPSA) is 32.3 Å². The van der Waals surface area contributed by atoms with E-state index in [1.807, 2.05) is 13.8 Å². The third-order valence-corrected chi connectivity index (χ3v) is 3.25. The predicted molar refractivity (Wildman–Crippen MR) is 66.5 cm³/mol. The average Bonchev–Trinajstić information content (AvgIpc) is 2.25. The van der Waals surface area contributed by atoms with E-state index in [-0.39, 0.29) is 0 Å². The molecule has 2 heteroatoms. The van der Waals surface area contributed by atoms with Crippen molar-refractivity contribution >= 4 is 0 Å². The maximum absolute atomic E-state index is 9.77. The molecule has 1 aliphatic heterocycles. The summed E-state index contributed by atoms with van der Waals surface area (Å²) in [4.78, 5) is 0. The fourth-order valence-corrected chi connectivity index (χ4v) is 2.26. The van der Waals surface area contributed by atoms with Crippen LogP contribution in [0.2, 0.25) is 0 Å². The standard InChI is InChI=1S/C14H21NO/c1-14(2,16)8-6-11-4-3-5-12-7-9-15-10-13(11)12/h3-5,15-16H,6-10H2,1-2H3. The predicted octanol–water partition coefficient (Wildman–Crippen LogP) is 2.04. The van der Waals surface area contributed by atoms with Crippen LogP contribution in [-0.4, -0.2) is 17.3 Å². The first-order chi connectivity index (χ1) is 7.56. The molecule has 88 valence electrons. The highest BCUT2D eigenvalue weighted by atomic mass is 16.3. The average molecular weight is 219 g/mol. The molecule has 0 aromatic heterocycles. The number of fused-ring (bicyclic) bond motifs is 1. The van der Waals surface area contributed by atoms with Crippen molar-refractivity contribution in [3.05, 3.63) is 34.9 Å². The van der Waals surface area contributed by atoms with Crippen LogP contribution >= 0.6 is 0 Å². The molecule has 0 bridgehead atoms. The Bertz CT molecular complexity index is 365. The lowest BCUT2D eigenvalue weighted by atomic mass is 9.91. The smallest absolute Gasteiger partial charge is 0.0594 e. The van der Waals surface area contributed by atoms with Crippen molar-refractivity contribution in [2.45, 2.75) is 45.3 Å². The zero-order valence-electron chi connectivity index (χ0n) is 10.2. The molecule has 0 spiro atoms. The Morgan fingerprint density at radius 3 is 2.94 bits per heavy atom. The molecule has 1 aliphatic rings. The second kappa shape index (κ2) is 4.56. The van der Waals surface area contributed by atoms with Gasteiger partial charge in [0.25, 0.3) is 0 Å². The maximum atomic E-state index is 9.77. The van der Waals surface area contributed by atoms with Gasteiger partial charge >= 0.3 is 0 Å². The quantitative estimate of drug-likeness (QED) is 0.815. The van der Waals surface area contributed by atoms with Crippen molar-refractivity contribution in [3.8, 4) is 0 Å². The van der Waals surface area contributed by atoms with Crippen LogP contribution in [0.15, 0.2) is 18.2 Å². The molecule has 2 nitrogen and oxygen atoms in total. The zero-order chi connectivity index (χ0) is 11.6. The summed E-state index contributed by atoms with van der Waals surface area (Å²) < 4.78 is 0. The maximum Gasteiger partial charge on any atom is 0.0594 e. The van der Waals surface area contributed by atoms with Crippen LogP contribution in [0, 0.1) is 0 Å². The van der Waals surface area contributed by atoms with Crippen LogP contribution in [0.5, 0.6) is 0 Å². The number of benzene rings is 1. The van der Waals surface area contributed by atoms with E-state index >= 15 is 0 Å². The minimum atomic E-state index is -0.565. The molecule has 0 unspecified atom stereocenters. The van der Waals surface area contributed by atoms with Crippen LogP contribution in [0.4, 0.5) is 0 Å². The van der Waals surface area contributed by atoms with Gasteiger partial charge in [-0.15, -0.1) is 0 Å². The molecule has 2 rings (SSSR count). The molecule has 2 N–H and O–H groups in total.